The van der Waals surface area contributed by atoms with E-state index in [1.54, 1.807) is 31.2 Å². The number of carbonyl (C=O) groups is 1. The molecule has 0 aliphatic carbocycles. The maximum atomic E-state index is 13.0. The number of amidine groups is 1. The van der Waals surface area contributed by atoms with E-state index in [9.17, 15) is 22.4 Å². The number of nitrogens with one attached hydrogen (secondary N) is 1. The van der Waals surface area contributed by atoms with E-state index < -0.39 is 18.6 Å². The molecule has 0 aliphatic rings. The molecule has 3 rings (SSSR count). The highest BCUT2D eigenvalue weighted by Gasteiger charge is 2.30. The van der Waals surface area contributed by atoms with E-state index in [4.69, 9.17) is 10.5 Å². The molecule has 1 atom stereocenters. The first-order valence-electron chi connectivity index (χ1n) is 10.1. The first kappa shape index (κ1) is 25.2. The number of amides is 1. The van der Waals surface area contributed by atoms with E-state index >= 15 is 0 Å². The maximum Gasteiger partial charge on any atom is 0.573 e. The minimum atomic E-state index is -4.77. The zero-order valence-electron chi connectivity index (χ0n) is 18.3. The third-order valence-corrected chi connectivity index (χ3v) is 4.52. The van der Waals surface area contributed by atoms with Gasteiger partial charge in [0.1, 0.15) is 29.8 Å². The second-order valence-electron chi connectivity index (χ2n) is 7.10. The third-order valence-electron chi connectivity index (χ3n) is 4.52. The zero-order valence-corrected chi connectivity index (χ0v) is 18.3. The number of anilines is 1. The first-order chi connectivity index (χ1) is 16.6. The van der Waals surface area contributed by atoms with Crippen LogP contribution in [0.5, 0.6) is 5.75 Å². The molecule has 0 fully saturated rings. The lowest BCUT2D eigenvalue weighted by Gasteiger charge is -2.14. The first-order valence-corrected chi connectivity index (χ1v) is 10.1. The predicted octanol–water partition coefficient (Wildman–Crippen LogP) is 6.10. The Balaban J connectivity index is 1.53. The van der Waals surface area contributed by atoms with Gasteiger partial charge in [0, 0.05) is 11.3 Å². The number of nitrogens with two attached hydrogens (primary N) is 1. The van der Waals surface area contributed by atoms with Gasteiger partial charge in [-0.1, -0.05) is 12.1 Å². The molecule has 0 spiro atoms. The van der Waals surface area contributed by atoms with Crippen LogP contribution in [0.4, 0.5) is 33.7 Å². The number of halogens is 4. The standard InChI is InChI=1S/C24H20F4N4O3/c1-15(16-2-6-18(25)7-3-16)34-23(33)32-20-8-4-17(5-9-20)22(29)31-14-30-19-10-12-21(13-11-19)35-24(26,27)28/h2-15H,1H3,(H,32,33)(H2,29,30,31). The molecule has 182 valence electrons. The van der Waals surface area contributed by atoms with Crippen LogP contribution in [0.3, 0.4) is 0 Å². The van der Waals surface area contributed by atoms with Gasteiger partial charge < -0.3 is 15.2 Å². The van der Waals surface area contributed by atoms with Gasteiger partial charge in [-0.15, -0.1) is 13.2 Å². The van der Waals surface area contributed by atoms with Crippen molar-refractivity contribution in [3.63, 3.8) is 0 Å². The van der Waals surface area contributed by atoms with Gasteiger partial charge in [0.2, 0.25) is 0 Å². The molecule has 0 bridgehead atoms. The van der Waals surface area contributed by atoms with Gasteiger partial charge in [0.25, 0.3) is 0 Å². The van der Waals surface area contributed by atoms with Crippen molar-refractivity contribution in [1.82, 2.24) is 0 Å². The van der Waals surface area contributed by atoms with E-state index in [0.717, 1.165) is 18.5 Å². The molecule has 0 aromatic heterocycles. The molecule has 3 N–H and O–H groups in total. The van der Waals surface area contributed by atoms with Crippen molar-refractivity contribution in [3.05, 3.63) is 89.7 Å². The predicted molar refractivity (Wildman–Crippen MR) is 123 cm³/mol. The second kappa shape index (κ2) is 11.1. The Hall–Kier alpha value is -4.41. The lowest BCUT2D eigenvalue weighted by atomic mass is 10.1. The van der Waals surface area contributed by atoms with Gasteiger partial charge in [-0.25, -0.2) is 19.2 Å². The number of rotatable bonds is 7. The molecule has 35 heavy (non-hydrogen) atoms. The second-order valence-corrected chi connectivity index (χ2v) is 7.10. The summed E-state index contributed by atoms with van der Waals surface area (Å²) in [5, 5.41) is 2.58. The topological polar surface area (TPSA) is 98.3 Å². The molecule has 3 aromatic rings. The summed E-state index contributed by atoms with van der Waals surface area (Å²) in [4.78, 5) is 20.1. The molecule has 3 aromatic carbocycles. The number of hydrogen-bond acceptors (Lipinski definition) is 4. The zero-order chi connectivity index (χ0) is 25.4. The quantitative estimate of drug-likeness (QED) is 0.239. The molecular weight excluding hydrogens is 468 g/mol. The third kappa shape index (κ3) is 8.14. The highest BCUT2D eigenvalue weighted by Crippen LogP contribution is 2.24. The summed E-state index contributed by atoms with van der Waals surface area (Å²) in [6, 6.07) is 17.0. The molecule has 0 saturated carbocycles. The van der Waals surface area contributed by atoms with Crippen molar-refractivity contribution < 1.29 is 31.8 Å². The molecule has 11 heteroatoms. The molecule has 0 aliphatic heterocycles. The van der Waals surface area contributed by atoms with E-state index in [0.29, 0.717) is 22.5 Å². The Morgan fingerprint density at radius 2 is 1.63 bits per heavy atom. The van der Waals surface area contributed by atoms with Crippen molar-refractivity contribution in [2.24, 2.45) is 15.7 Å². The Morgan fingerprint density at radius 3 is 2.23 bits per heavy atom. The SMILES string of the molecule is CC(OC(=O)Nc1ccc(C(N)=NC=Nc2ccc(OC(F)(F)F)cc2)cc1)c1ccc(F)cc1. The molecule has 1 unspecified atom stereocenters. The maximum absolute atomic E-state index is 13.0. The monoisotopic (exact) mass is 488 g/mol. The number of aliphatic imine (C=N–C) groups is 2. The van der Waals surface area contributed by atoms with Crippen molar-refractivity contribution in [2.45, 2.75) is 19.4 Å². The van der Waals surface area contributed by atoms with Crippen LogP contribution < -0.4 is 15.8 Å². The number of benzene rings is 3. The van der Waals surface area contributed by atoms with E-state index in [2.05, 4.69) is 20.0 Å². The number of carbonyl (C=O) groups excluding carboxylic acids is 1. The summed E-state index contributed by atoms with van der Waals surface area (Å²) >= 11 is 0. The van der Waals surface area contributed by atoms with Crippen LogP contribution in [0.1, 0.15) is 24.2 Å². The van der Waals surface area contributed by atoms with Crippen LogP contribution in [-0.4, -0.2) is 24.6 Å². The lowest BCUT2D eigenvalue weighted by molar-refractivity contribution is -0.274. The molecule has 7 nitrogen and oxygen atoms in total. The summed E-state index contributed by atoms with van der Waals surface area (Å²) in [5.74, 6) is -0.611. The highest BCUT2D eigenvalue weighted by molar-refractivity contribution is 6.01. The normalized spacial score (nSPS) is 12.9. The van der Waals surface area contributed by atoms with E-state index in [1.165, 1.54) is 36.4 Å². The average molecular weight is 488 g/mol. The van der Waals surface area contributed by atoms with Gasteiger partial charge in [-0.3, -0.25) is 5.32 Å². The number of ether oxygens (including phenoxy) is 2. The summed E-state index contributed by atoms with van der Waals surface area (Å²) < 4.78 is 58.6. The summed E-state index contributed by atoms with van der Waals surface area (Å²) in [6.07, 6.45) is -4.87. The Bertz CT molecular complexity index is 1190. The van der Waals surface area contributed by atoms with Crippen LogP contribution in [0.25, 0.3) is 0 Å². The Labute approximate surface area is 197 Å². The van der Waals surface area contributed by atoms with Gasteiger partial charge in [0.15, 0.2) is 0 Å². The number of hydrogen-bond donors (Lipinski definition) is 2. The van der Waals surface area contributed by atoms with Crippen LogP contribution in [0.2, 0.25) is 0 Å². The Morgan fingerprint density at radius 1 is 1.00 bits per heavy atom. The minimum absolute atomic E-state index is 0.129. The smallest absolute Gasteiger partial charge is 0.441 e. The molecule has 0 heterocycles. The Kier molecular flexibility index (Phi) is 8.03. The highest BCUT2D eigenvalue weighted by atomic mass is 19.4. The summed E-state index contributed by atoms with van der Waals surface area (Å²) in [5.41, 5.74) is 7.91. The average Bonchev–Trinajstić information content (AvgIpc) is 2.80. The van der Waals surface area contributed by atoms with Gasteiger partial charge in [0.05, 0.1) is 5.69 Å². The fourth-order valence-electron chi connectivity index (χ4n) is 2.80. The van der Waals surface area contributed by atoms with Gasteiger partial charge >= 0.3 is 12.5 Å². The minimum Gasteiger partial charge on any atom is -0.441 e. The summed E-state index contributed by atoms with van der Waals surface area (Å²) in [7, 11) is 0. The van der Waals surface area contributed by atoms with Crippen LogP contribution in [0.15, 0.2) is 82.8 Å². The molecule has 1 amide bonds. The van der Waals surface area contributed by atoms with Crippen LogP contribution in [0, 0.1) is 5.82 Å². The number of alkyl halides is 3. The van der Waals surface area contributed by atoms with Crippen molar-refractivity contribution in [1.29, 1.82) is 0 Å². The van der Waals surface area contributed by atoms with Gasteiger partial charge in [-0.2, -0.15) is 0 Å². The van der Waals surface area contributed by atoms with Crippen molar-refractivity contribution in [2.75, 3.05) is 5.32 Å². The van der Waals surface area contributed by atoms with Crippen LogP contribution in [-0.2, 0) is 4.74 Å². The fourth-order valence-corrected chi connectivity index (χ4v) is 2.80. The summed E-state index contributed by atoms with van der Waals surface area (Å²) in [6.45, 7) is 1.67. The molecular formula is C24H20F4N4O3. The van der Waals surface area contributed by atoms with Crippen molar-refractivity contribution in [3.8, 4) is 5.75 Å². The fraction of sp³-hybridized carbons (Fsp3) is 0.125. The van der Waals surface area contributed by atoms with E-state index in [1.807, 2.05) is 0 Å². The number of nitrogens with zero attached hydrogens (tertiary/aromatic N) is 2. The molecule has 0 saturated heterocycles. The largest absolute Gasteiger partial charge is 0.573 e. The lowest BCUT2D eigenvalue weighted by Crippen LogP contribution is -2.17. The van der Waals surface area contributed by atoms with Crippen molar-refractivity contribution >= 4 is 29.6 Å². The van der Waals surface area contributed by atoms with E-state index in [-0.39, 0.29) is 17.4 Å². The van der Waals surface area contributed by atoms with Crippen LogP contribution >= 0.6 is 0 Å². The molecule has 0 radical (unpaired) electrons. The van der Waals surface area contributed by atoms with Gasteiger partial charge in [-0.05, 0) is 73.2 Å².